The molecule has 0 aliphatic carbocycles. The molecule has 2 rings (SSSR count). The lowest BCUT2D eigenvalue weighted by molar-refractivity contribution is -0.127. The summed E-state index contributed by atoms with van der Waals surface area (Å²) in [7, 11) is 0. The number of hydrogen-bond donors (Lipinski definition) is 1. The minimum atomic E-state index is 0. The number of nitrogens with one attached hydrogen (secondary N) is 1. The van der Waals surface area contributed by atoms with Crippen molar-refractivity contribution in [3.63, 3.8) is 0 Å². The smallest absolute Gasteiger partial charge is 0.232 e. The SMILES string of the molecule is CCSCC(=O)N1C[C@@H]2NCCO[C@H]2C1.Cl. The first-order valence-corrected chi connectivity index (χ1v) is 6.67. The van der Waals surface area contributed by atoms with E-state index in [1.165, 1.54) is 0 Å². The van der Waals surface area contributed by atoms with Crippen LogP contribution in [-0.2, 0) is 9.53 Å². The maximum atomic E-state index is 11.8. The number of nitrogens with zero attached hydrogens (tertiary/aromatic N) is 1. The van der Waals surface area contributed by atoms with Gasteiger partial charge in [0.1, 0.15) is 0 Å². The van der Waals surface area contributed by atoms with Crippen LogP contribution in [0.5, 0.6) is 0 Å². The van der Waals surface area contributed by atoms with E-state index in [9.17, 15) is 4.79 Å². The van der Waals surface area contributed by atoms with Crippen molar-refractivity contribution in [1.82, 2.24) is 10.2 Å². The Kier molecular flexibility index (Phi) is 5.89. The van der Waals surface area contributed by atoms with E-state index in [1.54, 1.807) is 11.8 Å². The fourth-order valence-electron chi connectivity index (χ4n) is 2.08. The molecular weight excluding hydrogens is 248 g/mol. The fourth-order valence-corrected chi connectivity index (χ4v) is 2.64. The molecular formula is C10H19ClN2O2S. The quantitative estimate of drug-likeness (QED) is 0.801. The summed E-state index contributed by atoms with van der Waals surface area (Å²) in [5.74, 6) is 1.86. The molecule has 16 heavy (non-hydrogen) atoms. The Balaban J connectivity index is 0.00000128. The van der Waals surface area contributed by atoms with Crippen LogP contribution in [0.4, 0.5) is 0 Å². The van der Waals surface area contributed by atoms with Crippen molar-refractivity contribution in [2.75, 3.05) is 37.7 Å². The number of halogens is 1. The standard InChI is InChI=1S/C10H18N2O2S.ClH/c1-2-15-7-10(13)12-5-8-9(6-12)14-4-3-11-8;/h8-9,11H,2-7H2,1H3;1H/t8-,9-;/m0./s1. The molecule has 4 nitrogen and oxygen atoms in total. The van der Waals surface area contributed by atoms with Gasteiger partial charge >= 0.3 is 0 Å². The van der Waals surface area contributed by atoms with Gasteiger partial charge in [-0.3, -0.25) is 4.79 Å². The molecule has 0 radical (unpaired) electrons. The van der Waals surface area contributed by atoms with E-state index < -0.39 is 0 Å². The molecule has 6 heteroatoms. The van der Waals surface area contributed by atoms with Crippen LogP contribution in [0.15, 0.2) is 0 Å². The van der Waals surface area contributed by atoms with E-state index in [-0.39, 0.29) is 24.4 Å². The Morgan fingerprint density at radius 3 is 3.06 bits per heavy atom. The van der Waals surface area contributed by atoms with Gasteiger partial charge in [0, 0.05) is 19.6 Å². The minimum absolute atomic E-state index is 0. The molecule has 2 fully saturated rings. The molecule has 0 aromatic rings. The highest BCUT2D eigenvalue weighted by Crippen LogP contribution is 2.17. The number of fused-ring (bicyclic) bond motifs is 1. The highest BCUT2D eigenvalue weighted by atomic mass is 35.5. The summed E-state index contributed by atoms with van der Waals surface area (Å²) in [6.07, 6.45) is 0.217. The van der Waals surface area contributed by atoms with Gasteiger partial charge in [-0.2, -0.15) is 11.8 Å². The fraction of sp³-hybridized carbons (Fsp3) is 0.900. The van der Waals surface area contributed by atoms with Crippen molar-refractivity contribution < 1.29 is 9.53 Å². The molecule has 1 amide bonds. The number of hydrogen-bond acceptors (Lipinski definition) is 4. The molecule has 2 aliphatic heterocycles. The number of amides is 1. The van der Waals surface area contributed by atoms with Crippen molar-refractivity contribution in [3.05, 3.63) is 0 Å². The Morgan fingerprint density at radius 2 is 2.38 bits per heavy atom. The largest absolute Gasteiger partial charge is 0.373 e. The third-order valence-corrected chi connectivity index (χ3v) is 3.75. The van der Waals surface area contributed by atoms with Crippen molar-refractivity contribution >= 4 is 30.1 Å². The molecule has 1 N–H and O–H groups in total. The summed E-state index contributed by atoms with van der Waals surface area (Å²) >= 11 is 1.68. The molecule has 0 aromatic carbocycles. The first-order valence-electron chi connectivity index (χ1n) is 5.51. The van der Waals surface area contributed by atoms with Gasteiger partial charge in [0.2, 0.25) is 5.91 Å². The molecule has 2 atom stereocenters. The van der Waals surface area contributed by atoms with Gasteiger partial charge in [0.05, 0.1) is 24.5 Å². The van der Waals surface area contributed by atoms with Crippen LogP contribution in [0.2, 0.25) is 0 Å². The second kappa shape index (κ2) is 6.69. The van der Waals surface area contributed by atoms with Crippen molar-refractivity contribution in [2.45, 2.75) is 19.1 Å². The Hall–Kier alpha value is 0.0300. The summed E-state index contributed by atoms with van der Waals surface area (Å²) in [5.41, 5.74) is 0. The van der Waals surface area contributed by atoms with Crippen molar-refractivity contribution in [1.29, 1.82) is 0 Å². The zero-order valence-electron chi connectivity index (χ0n) is 9.48. The van der Waals surface area contributed by atoms with Crippen LogP contribution in [0, 0.1) is 0 Å². The summed E-state index contributed by atoms with van der Waals surface area (Å²) in [6, 6.07) is 0.356. The average Bonchev–Trinajstić information content (AvgIpc) is 2.69. The Bertz CT molecular complexity index is 229. The monoisotopic (exact) mass is 266 g/mol. The minimum Gasteiger partial charge on any atom is -0.373 e. The lowest BCUT2D eigenvalue weighted by atomic mass is 10.2. The second-order valence-corrected chi connectivity index (χ2v) is 5.18. The maximum absolute atomic E-state index is 11.8. The zero-order chi connectivity index (χ0) is 10.7. The third kappa shape index (κ3) is 3.26. The van der Waals surface area contributed by atoms with E-state index in [4.69, 9.17) is 4.74 Å². The normalized spacial score (nSPS) is 28.4. The van der Waals surface area contributed by atoms with E-state index in [2.05, 4.69) is 12.2 Å². The van der Waals surface area contributed by atoms with E-state index in [1.807, 2.05) is 4.90 Å². The van der Waals surface area contributed by atoms with Crippen LogP contribution in [0.1, 0.15) is 6.92 Å². The van der Waals surface area contributed by atoms with Crippen LogP contribution >= 0.6 is 24.2 Å². The highest BCUT2D eigenvalue weighted by Gasteiger charge is 2.37. The molecule has 0 unspecified atom stereocenters. The predicted molar refractivity (Wildman–Crippen MR) is 68.4 cm³/mol. The van der Waals surface area contributed by atoms with Gasteiger partial charge in [-0.25, -0.2) is 0 Å². The second-order valence-electron chi connectivity index (χ2n) is 3.91. The summed E-state index contributed by atoms with van der Waals surface area (Å²) < 4.78 is 5.62. The molecule has 0 aromatic heterocycles. The topological polar surface area (TPSA) is 41.6 Å². The number of carbonyl (C=O) groups excluding carboxylic acids is 1. The first kappa shape index (κ1) is 14.1. The number of likely N-dealkylation sites (tertiary alicyclic amines) is 1. The summed E-state index contributed by atoms with van der Waals surface area (Å²) in [6.45, 7) is 5.33. The molecule has 2 saturated heterocycles. The summed E-state index contributed by atoms with van der Waals surface area (Å²) in [5, 5.41) is 3.40. The van der Waals surface area contributed by atoms with Crippen LogP contribution in [0.3, 0.4) is 0 Å². The van der Waals surface area contributed by atoms with Crippen molar-refractivity contribution in [3.8, 4) is 0 Å². The van der Waals surface area contributed by atoms with Crippen molar-refractivity contribution in [2.24, 2.45) is 0 Å². The van der Waals surface area contributed by atoms with Crippen LogP contribution in [-0.4, -0.2) is 60.7 Å². The molecule has 0 spiro atoms. The van der Waals surface area contributed by atoms with E-state index in [0.717, 1.165) is 32.0 Å². The highest BCUT2D eigenvalue weighted by molar-refractivity contribution is 7.99. The van der Waals surface area contributed by atoms with Gasteiger partial charge in [-0.15, -0.1) is 12.4 Å². The Morgan fingerprint density at radius 1 is 1.56 bits per heavy atom. The van der Waals surface area contributed by atoms with Crippen LogP contribution in [0.25, 0.3) is 0 Å². The number of rotatable bonds is 3. The number of thioether (sulfide) groups is 1. The average molecular weight is 267 g/mol. The molecule has 94 valence electrons. The van der Waals surface area contributed by atoms with Gasteiger partial charge in [-0.1, -0.05) is 6.92 Å². The van der Waals surface area contributed by atoms with Gasteiger partial charge < -0.3 is 15.0 Å². The van der Waals surface area contributed by atoms with Gasteiger partial charge in [-0.05, 0) is 5.75 Å². The first-order chi connectivity index (χ1) is 7.31. The number of carbonyl (C=O) groups is 1. The maximum Gasteiger partial charge on any atom is 0.232 e. The molecule has 2 aliphatic rings. The third-order valence-electron chi connectivity index (χ3n) is 2.89. The number of ether oxygens (including phenoxy) is 1. The lowest BCUT2D eigenvalue weighted by Gasteiger charge is -2.25. The number of morpholine rings is 1. The summed E-state index contributed by atoms with van der Waals surface area (Å²) in [4.78, 5) is 13.7. The Labute approximate surface area is 107 Å². The molecule has 0 saturated carbocycles. The predicted octanol–water partition coefficient (Wildman–Crippen LogP) is 0.361. The van der Waals surface area contributed by atoms with Crippen LogP contribution < -0.4 is 5.32 Å². The zero-order valence-corrected chi connectivity index (χ0v) is 11.1. The molecule has 2 heterocycles. The van der Waals surface area contributed by atoms with Gasteiger partial charge in [0.15, 0.2) is 0 Å². The van der Waals surface area contributed by atoms with E-state index >= 15 is 0 Å². The van der Waals surface area contributed by atoms with Gasteiger partial charge in [0.25, 0.3) is 0 Å². The molecule has 0 bridgehead atoms. The van der Waals surface area contributed by atoms with E-state index in [0.29, 0.717) is 11.8 Å². The lowest BCUT2D eigenvalue weighted by Crippen LogP contribution is -2.47.